The minimum absolute atomic E-state index is 0. The molecule has 10 nitrogen and oxygen atoms in total. The van der Waals surface area contributed by atoms with Gasteiger partial charge >= 0.3 is 12.1 Å². The van der Waals surface area contributed by atoms with Crippen LogP contribution in [-0.2, 0) is 19.0 Å². The molecule has 0 aliphatic carbocycles. The molecule has 3 N–H and O–H groups in total. The Morgan fingerprint density at radius 3 is 2.20 bits per heavy atom. The van der Waals surface area contributed by atoms with Crippen LogP contribution in [0, 0.1) is 5.82 Å². The fourth-order valence-corrected chi connectivity index (χ4v) is 6.73. The number of aliphatic hydroxyl groups is 1. The average molecular weight is 721 g/mol. The van der Waals surface area contributed by atoms with Gasteiger partial charge in [-0.1, -0.05) is 43.8 Å². The second kappa shape index (κ2) is 15.7. The zero-order valence-corrected chi connectivity index (χ0v) is 27.5. The second-order valence-electron chi connectivity index (χ2n) is 12.1. The Kier molecular flexibility index (Phi) is 11.8. The molecule has 2 aromatic carbocycles. The lowest BCUT2D eigenvalue weighted by atomic mass is 10.0. The molecule has 270 valence electrons. The van der Waals surface area contributed by atoms with E-state index in [4.69, 9.17) is 28.7 Å². The van der Waals surface area contributed by atoms with Gasteiger partial charge in [0.05, 0.1) is 24.2 Å². The first-order valence-electron chi connectivity index (χ1n) is 15.7. The minimum Gasteiger partial charge on any atom is -0.470 e. The van der Waals surface area contributed by atoms with Gasteiger partial charge in [-0.05, 0) is 68.6 Å². The molecule has 5 heterocycles. The maximum Gasteiger partial charge on any atom is 0.470 e. The second-order valence-corrected chi connectivity index (χ2v) is 13.5. The molecule has 0 spiro atoms. The molecule has 2 unspecified atom stereocenters. The van der Waals surface area contributed by atoms with Gasteiger partial charge < -0.3 is 29.8 Å². The molecule has 4 aromatic rings. The fraction of sp³-hybridized carbons (Fsp3) is 0.429. The van der Waals surface area contributed by atoms with Gasteiger partial charge in [-0.25, -0.2) is 9.37 Å². The van der Waals surface area contributed by atoms with Gasteiger partial charge in [0.2, 0.25) is 0 Å². The lowest BCUT2D eigenvalue weighted by Crippen LogP contribution is -2.35. The number of fused-ring (bicyclic) bond motifs is 2. The van der Waals surface area contributed by atoms with Gasteiger partial charge in [0.25, 0.3) is 0 Å². The lowest BCUT2D eigenvalue weighted by molar-refractivity contribution is -0.169. The van der Waals surface area contributed by atoms with Crippen LogP contribution in [-0.4, -0.2) is 89.4 Å². The van der Waals surface area contributed by atoms with E-state index in [1.807, 2.05) is 49.0 Å². The third kappa shape index (κ3) is 8.24. The number of rotatable bonds is 7. The van der Waals surface area contributed by atoms with Crippen molar-refractivity contribution in [3.05, 3.63) is 66.5 Å². The number of benzene rings is 2. The van der Waals surface area contributed by atoms with Crippen LogP contribution in [0.4, 0.5) is 17.6 Å². The molecule has 0 saturated carbocycles. The summed E-state index contributed by atoms with van der Waals surface area (Å²) in [5.41, 5.74) is 8.17. The monoisotopic (exact) mass is 720 g/mol. The zero-order valence-electron chi connectivity index (χ0n) is 26.7. The molecule has 7 rings (SSSR count). The first kappa shape index (κ1) is 37.5. The van der Waals surface area contributed by atoms with Crippen LogP contribution < -0.4 is 10.5 Å². The molecule has 3 aliphatic rings. The van der Waals surface area contributed by atoms with Crippen molar-refractivity contribution in [2.24, 2.45) is 5.73 Å². The molecular weight excluding hydrogens is 680 g/mol. The number of nitrogens with two attached hydrogens (primary N) is 1. The van der Waals surface area contributed by atoms with Crippen molar-refractivity contribution in [2.45, 2.75) is 68.4 Å². The Morgan fingerprint density at radius 2 is 1.60 bits per heavy atom. The van der Waals surface area contributed by atoms with E-state index in [0.29, 0.717) is 35.7 Å². The largest absolute Gasteiger partial charge is 0.470 e. The molecule has 0 radical (unpaired) electrons. The highest BCUT2D eigenvalue weighted by Gasteiger charge is 2.49. The highest BCUT2D eigenvalue weighted by atomic mass is 32.2. The molecule has 3 aliphatic heterocycles. The maximum absolute atomic E-state index is 15.7. The number of amides is 1. The maximum atomic E-state index is 15.7. The van der Waals surface area contributed by atoms with Crippen molar-refractivity contribution in [1.29, 1.82) is 0 Å². The zero-order chi connectivity index (χ0) is 34.9. The van der Waals surface area contributed by atoms with E-state index >= 15 is 4.39 Å². The number of pyridine rings is 1. The summed E-state index contributed by atoms with van der Waals surface area (Å²) >= 11 is 1.67. The minimum atomic E-state index is -4.86. The Balaban J connectivity index is 0.000000553. The Bertz CT molecular complexity index is 1760. The van der Waals surface area contributed by atoms with Gasteiger partial charge in [0.15, 0.2) is 17.8 Å². The predicted octanol–water partition coefficient (Wildman–Crippen LogP) is 6.35. The normalized spacial score (nSPS) is 23.2. The number of primary amides is 1. The van der Waals surface area contributed by atoms with Crippen molar-refractivity contribution in [2.75, 3.05) is 33.9 Å². The topological polar surface area (TPSA) is 121 Å². The van der Waals surface area contributed by atoms with Crippen LogP contribution in [0.2, 0.25) is 0 Å². The molecule has 2 aromatic heterocycles. The van der Waals surface area contributed by atoms with E-state index in [1.54, 1.807) is 11.9 Å². The number of halogens is 4. The van der Waals surface area contributed by atoms with Crippen LogP contribution >= 0.6 is 11.9 Å². The molecule has 15 heteroatoms. The number of aliphatic hydroxyl groups excluding tert-OH is 1. The van der Waals surface area contributed by atoms with Gasteiger partial charge in [-0.15, -0.1) is 0 Å². The van der Waals surface area contributed by atoms with Crippen LogP contribution in [0.25, 0.3) is 33.4 Å². The number of alkyl halides is 3. The summed E-state index contributed by atoms with van der Waals surface area (Å²) in [7, 11) is 4.04. The first-order valence-corrected chi connectivity index (χ1v) is 16.5. The Labute approximate surface area is 291 Å². The highest BCUT2D eigenvalue weighted by Crippen LogP contribution is 2.38. The van der Waals surface area contributed by atoms with Crippen molar-refractivity contribution in [1.82, 2.24) is 13.9 Å². The standard InChI is InChI=1S/C32H34FN3O5S.C2H2F3NO.CH4/c1-35(2)42-22-12-10-20(11-13-22)19-6-8-21(9-7-19)30-23(33)15-25-24(34-30)16-29(36(25)28-5-3-4-14-38-28)41-27-18-40-31-26(37)17-39-32(27)31;3-2(4,5)1(6)7;/h6-13,15-16,26-28,31-32,37H,3-5,14,17-18H2,1-2H3;(H2,6,7);1H4/t26-,27-,28?,31?,32-;;/m1../s1. The number of ether oxygens (including phenoxy) is 4. The van der Waals surface area contributed by atoms with Gasteiger partial charge in [-0.3, -0.25) is 13.7 Å². The summed E-state index contributed by atoms with van der Waals surface area (Å²) in [5.74, 6) is -2.13. The number of aromatic nitrogens is 2. The Morgan fingerprint density at radius 1 is 0.980 bits per heavy atom. The fourth-order valence-electron chi connectivity index (χ4n) is 6.06. The third-order valence-corrected chi connectivity index (χ3v) is 9.20. The van der Waals surface area contributed by atoms with Crippen LogP contribution in [0.3, 0.4) is 0 Å². The number of carbonyl (C=O) groups excluding carboxylic acids is 1. The third-order valence-electron chi connectivity index (χ3n) is 8.35. The van der Waals surface area contributed by atoms with Crippen molar-refractivity contribution in [3.63, 3.8) is 0 Å². The molecule has 5 atom stereocenters. The lowest BCUT2D eigenvalue weighted by Gasteiger charge is -2.27. The van der Waals surface area contributed by atoms with E-state index in [0.717, 1.165) is 30.4 Å². The smallest absolute Gasteiger partial charge is 0.470 e. The van der Waals surface area contributed by atoms with Crippen LogP contribution in [0.1, 0.15) is 32.9 Å². The summed E-state index contributed by atoms with van der Waals surface area (Å²) in [6.45, 7) is 1.16. The molecule has 3 saturated heterocycles. The van der Waals surface area contributed by atoms with Crippen LogP contribution in [0.5, 0.6) is 5.88 Å². The predicted molar refractivity (Wildman–Crippen MR) is 181 cm³/mol. The van der Waals surface area contributed by atoms with Crippen molar-refractivity contribution in [3.8, 4) is 28.3 Å². The molecule has 1 amide bonds. The molecular formula is C35H40F4N4O6S. The summed E-state index contributed by atoms with van der Waals surface area (Å²) in [4.78, 5) is 15.1. The summed E-state index contributed by atoms with van der Waals surface area (Å²) in [6, 6.07) is 19.6. The van der Waals surface area contributed by atoms with E-state index < -0.39 is 36.2 Å². The SMILES string of the molecule is C.CN(C)Sc1ccc(-c2ccc(-c3nc4cc(O[C@@H]5COC6[C@H](O)CO[C@@H]65)n(C5CCCCO5)c4cc3F)cc2)cc1.NC(=O)C(F)(F)F. The molecule has 0 bridgehead atoms. The number of hydrogen-bond donors (Lipinski definition) is 2. The van der Waals surface area contributed by atoms with Crippen molar-refractivity contribution < 1.29 is 46.4 Å². The van der Waals surface area contributed by atoms with Crippen LogP contribution in [0.15, 0.2) is 65.6 Å². The van der Waals surface area contributed by atoms with Crippen molar-refractivity contribution >= 4 is 28.9 Å². The van der Waals surface area contributed by atoms with E-state index in [9.17, 15) is 18.3 Å². The van der Waals surface area contributed by atoms with Gasteiger partial charge in [0.1, 0.15) is 30.2 Å². The molecule has 50 heavy (non-hydrogen) atoms. The van der Waals surface area contributed by atoms with E-state index in [2.05, 4.69) is 34.3 Å². The van der Waals surface area contributed by atoms with Gasteiger partial charge in [0, 0.05) is 29.2 Å². The quantitative estimate of drug-likeness (QED) is 0.166. The first-order chi connectivity index (χ1) is 23.4. The average Bonchev–Trinajstić information content (AvgIpc) is 3.75. The number of nitrogens with zero attached hydrogens (tertiary/aromatic N) is 3. The summed E-state index contributed by atoms with van der Waals surface area (Å²) in [6.07, 6.45) is -4.18. The summed E-state index contributed by atoms with van der Waals surface area (Å²) in [5, 5.41) is 10.2. The van der Waals surface area contributed by atoms with E-state index in [-0.39, 0.29) is 32.1 Å². The number of hydrogen-bond acceptors (Lipinski definition) is 9. The Hall–Kier alpha value is -3.73. The summed E-state index contributed by atoms with van der Waals surface area (Å²) < 4.78 is 75.9. The number of carbonyl (C=O) groups is 1. The van der Waals surface area contributed by atoms with Gasteiger partial charge in [-0.2, -0.15) is 13.2 Å². The van der Waals surface area contributed by atoms with E-state index in [1.165, 1.54) is 11.0 Å². The highest BCUT2D eigenvalue weighted by molar-refractivity contribution is 7.97. The molecule has 3 fully saturated rings.